The minimum atomic E-state index is -4.55. The molecule has 1 heterocycles. The molecule has 21 heavy (non-hydrogen) atoms. The van der Waals surface area contributed by atoms with Crippen molar-refractivity contribution in [3.63, 3.8) is 0 Å². The van der Waals surface area contributed by atoms with Crippen molar-refractivity contribution in [3.05, 3.63) is 53.9 Å². The standard InChI is InChI=1S/C14H15F4N3/c15-12-3-2-11(13(8-12)14(16,17)18)9-19-4-1-6-21-7-5-20-10-21/h2-3,5,7-8,10,19H,1,4,6,9H2. The fraction of sp³-hybridized carbons (Fsp3) is 0.357. The molecule has 0 unspecified atom stereocenters. The van der Waals surface area contributed by atoms with Crippen LogP contribution in [0.2, 0.25) is 0 Å². The van der Waals surface area contributed by atoms with Crippen LogP contribution < -0.4 is 5.32 Å². The summed E-state index contributed by atoms with van der Waals surface area (Å²) in [5.74, 6) is -0.883. The van der Waals surface area contributed by atoms with Gasteiger partial charge in [-0.05, 0) is 30.7 Å². The third kappa shape index (κ3) is 4.56. The van der Waals surface area contributed by atoms with Crippen LogP contribution in [0.4, 0.5) is 17.6 Å². The summed E-state index contributed by atoms with van der Waals surface area (Å²) < 4.78 is 53.2. The first-order valence-electron chi connectivity index (χ1n) is 6.49. The minimum absolute atomic E-state index is 0.0477. The lowest BCUT2D eigenvalue weighted by Crippen LogP contribution is -2.19. The van der Waals surface area contributed by atoms with E-state index < -0.39 is 17.6 Å². The molecule has 0 atom stereocenters. The van der Waals surface area contributed by atoms with Crippen molar-refractivity contribution in [3.8, 4) is 0 Å². The maximum absolute atomic E-state index is 12.9. The Morgan fingerprint density at radius 1 is 1.24 bits per heavy atom. The highest BCUT2D eigenvalue weighted by atomic mass is 19.4. The molecule has 114 valence electrons. The molecule has 1 aromatic heterocycles. The molecular weight excluding hydrogens is 286 g/mol. The van der Waals surface area contributed by atoms with E-state index in [1.54, 1.807) is 12.5 Å². The van der Waals surface area contributed by atoms with Crippen molar-refractivity contribution in [1.29, 1.82) is 0 Å². The lowest BCUT2D eigenvalue weighted by Gasteiger charge is -2.13. The molecule has 0 aliphatic rings. The van der Waals surface area contributed by atoms with Gasteiger partial charge in [0, 0.05) is 25.5 Å². The van der Waals surface area contributed by atoms with Crippen LogP contribution in [0.3, 0.4) is 0 Å². The highest BCUT2D eigenvalue weighted by Gasteiger charge is 2.33. The summed E-state index contributed by atoms with van der Waals surface area (Å²) in [5.41, 5.74) is -0.879. The first-order valence-corrected chi connectivity index (χ1v) is 6.49. The van der Waals surface area contributed by atoms with Gasteiger partial charge in [0.2, 0.25) is 0 Å². The number of aromatic nitrogens is 2. The van der Waals surface area contributed by atoms with Gasteiger partial charge in [0.1, 0.15) is 5.82 Å². The Balaban J connectivity index is 1.85. The Labute approximate surface area is 119 Å². The monoisotopic (exact) mass is 301 g/mol. The Morgan fingerprint density at radius 2 is 2.05 bits per heavy atom. The molecule has 0 amide bonds. The number of hydrogen-bond acceptors (Lipinski definition) is 2. The Morgan fingerprint density at radius 3 is 2.71 bits per heavy atom. The minimum Gasteiger partial charge on any atom is -0.337 e. The van der Waals surface area contributed by atoms with Crippen molar-refractivity contribution in [2.24, 2.45) is 0 Å². The van der Waals surface area contributed by atoms with E-state index in [-0.39, 0.29) is 12.1 Å². The number of nitrogens with one attached hydrogen (secondary N) is 1. The van der Waals surface area contributed by atoms with Crippen LogP contribution in [0.25, 0.3) is 0 Å². The van der Waals surface area contributed by atoms with Gasteiger partial charge in [-0.3, -0.25) is 0 Å². The average molecular weight is 301 g/mol. The summed E-state index contributed by atoms with van der Waals surface area (Å²) >= 11 is 0. The van der Waals surface area contributed by atoms with Crippen LogP contribution >= 0.6 is 0 Å². The quantitative estimate of drug-likeness (QED) is 0.656. The Kier molecular flexibility index (Phi) is 4.95. The van der Waals surface area contributed by atoms with Crippen molar-refractivity contribution < 1.29 is 17.6 Å². The average Bonchev–Trinajstić information content (AvgIpc) is 2.92. The van der Waals surface area contributed by atoms with Crippen molar-refractivity contribution in [1.82, 2.24) is 14.9 Å². The zero-order valence-corrected chi connectivity index (χ0v) is 11.2. The van der Waals surface area contributed by atoms with Crippen LogP contribution in [0.5, 0.6) is 0 Å². The lowest BCUT2D eigenvalue weighted by atomic mass is 10.1. The predicted octanol–water partition coefficient (Wildman–Crippen LogP) is 3.22. The maximum Gasteiger partial charge on any atom is 0.416 e. The Hall–Kier alpha value is -1.89. The number of nitrogens with zero attached hydrogens (tertiary/aromatic N) is 2. The lowest BCUT2D eigenvalue weighted by molar-refractivity contribution is -0.138. The van der Waals surface area contributed by atoms with Gasteiger partial charge >= 0.3 is 6.18 Å². The molecule has 2 aromatic rings. The van der Waals surface area contributed by atoms with Crippen LogP contribution in [0.1, 0.15) is 17.5 Å². The highest BCUT2D eigenvalue weighted by molar-refractivity contribution is 5.30. The molecule has 1 aromatic carbocycles. The van der Waals surface area contributed by atoms with Crippen molar-refractivity contribution in [2.75, 3.05) is 6.54 Å². The van der Waals surface area contributed by atoms with E-state index in [9.17, 15) is 17.6 Å². The summed E-state index contributed by atoms with van der Waals surface area (Å²) in [6.07, 6.45) is 1.39. The smallest absolute Gasteiger partial charge is 0.337 e. The SMILES string of the molecule is Fc1ccc(CNCCCn2ccnc2)c(C(F)(F)F)c1. The first-order chi connectivity index (χ1) is 9.97. The first kappa shape index (κ1) is 15.5. The van der Waals surface area contributed by atoms with Gasteiger partial charge in [-0.2, -0.15) is 13.2 Å². The van der Waals surface area contributed by atoms with Gasteiger partial charge in [0.25, 0.3) is 0 Å². The van der Waals surface area contributed by atoms with Crippen LogP contribution in [0.15, 0.2) is 36.9 Å². The largest absolute Gasteiger partial charge is 0.416 e. The second-order valence-corrected chi connectivity index (χ2v) is 4.63. The molecule has 0 bridgehead atoms. The highest BCUT2D eigenvalue weighted by Crippen LogP contribution is 2.32. The molecular formula is C14H15F4N3. The normalized spacial score (nSPS) is 11.8. The molecule has 0 saturated carbocycles. The zero-order chi connectivity index (χ0) is 15.3. The van der Waals surface area contributed by atoms with E-state index in [4.69, 9.17) is 0 Å². The molecule has 0 aliphatic carbocycles. The van der Waals surface area contributed by atoms with Crippen LogP contribution in [-0.2, 0) is 19.3 Å². The number of imidazole rings is 1. The van der Waals surface area contributed by atoms with Crippen molar-refractivity contribution >= 4 is 0 Å². The molecule has 3 nitrogen and oxygen atoms in total. The number of aryl methyl sites for hydroxylation is 1. The molecule has 0 radical (unpaired) electrons. The van der Waals surface area contributed by atoms with Gasteiger partial charge in [-0.1, -0.05) is 6.07 Å². The van der Waals surface area contributed by atoms with Gasteiger partial charge in [0.15, 0.2) is 0 Å². The summed E-state index contributed by atoms with van der Waals surface area (Å²) in [7, 11) is 0. The zero-order valence-electron chi connectivity index (χ0n) is 11.2. The van der Waals surface area contributed by atoms with E-state index in [2.05, 4.69) is 10.3 Å². The van der Waals surface area contributed by atoms with E-state index in [0.717, 1.165) is 19.0 Å². The Bertz CT molecular complexity index is 564. The number of rotatable bonds is 6. The van der Waals surface area contributed by atoms with Crippen molar-refractivity contribution in [2.45, 2.75) is 25.7 Å². The van der Waals surface area contributed by atoms with Gasteiger partial charge in [0.05, 0.1) is 11.9 Å². The van der Waals surface area contributed by atoms with E-state index >= 15 is 0 Å². The maximum atomic E-state index is 12.9. The number of halogens is 4. The summed E-state index contributed by atoms with van der Waals surface area (Å²) in [4.78, 5) is 3.90. The molecule has 1 N–H and O–H groups in total. The molecule has 0 fully saturated rings. The number of alkyl halides is 3. The van der Waals surface area contributed by atoms with E-state index in [0.29, 0.717) is 12.6 Å². The fourth-order valence-corrected chi connectivity index (χ4v) is 2.00. The summed E-state index contributed by atoms with van der Waals surface area (Å²) in [6.45, 7) is 1.36. The molecule has 7 heteroatoms. The summed E-state index contributed by atoms with van der Waals surface area (Å²) in [6, 6.07) is 2.74. The topological polar surface area (TPSA) is 29.9 Å². The third-order valence-corrected chi connectivity index (χ3v) is 3.02. The number of benzene rings is 1. The third-order valence-electron chi connectivity index (χ3n) is 3.02. The fourth-order valence-electron chi connectivity index (χ4n) is 2.00. The number of hydrogen-bond donors (Lipinski definition) is 1. The second kappa shape index (κ2) is 6.71. The summed E-state index contributed by atoms with van der Waals surface area (Å²) in [5, 5.41) is 2.94. The predicted molar refractivity (Wildman–Crippen MR) is 70.0 cm³/mol. The second-order valence-electron chi connectivity index (χ2n) is 4.63. The van der Waals surface area contributed by atoms with E-state index in [1.165, 1.54) is 6.07 Å². The molecule has 0 aliphatic heterocycles. The van der Waals surface area contributed by atoms with Gasteiger partial charge in [-0.25, -0.2) is 9.37 Å². The van der Waals surface area contributed by atoms with E-state index in [1.807, 2.05) is 10.8 Å². The molecule has 0 saturated heterocycles. The molecule has 0 spiro atoms. The molecule has 2 rings (SSSR count). The van der Waals surface area contributed by atoms with Gasteiger partial charge in [-0.15, -0.1) is 0 Å². The van der Waals surface area contributed by atoms with Crippen LogP contribution in [-0.4, -0.2) is 16.1 Å². The van der Waals surface area contributed by atoms with Crippen LogP contribution in [0, 0.1) is 5.82 Å². The van der Waals surface area contributed by atoms with Gasteiger partial charge < -0.3 is 9.88 Å².